The molecular weight excluding hydrogens is 203 g/mol. The third kappa shape index (κ3) is 1.19. The molecule has 0 atom stereocenters. The molecule has 0 amide bonds. The number of hydrogen-bond donors (Lipinski definition) is 0. The highest BCUT2D eigenvalue weighted by Gasteiger charge is 2.37. The van der Waals surface area contributed by atoms with Gasteiger partial charge in [-0.05, 0) is 0 Å². The molecule has 2 aromatic rings. The first-order valence-electron chi connectivity index (χ1n) is 3.33. The lowest BCUT2D eigenvalue weighted by Gasteiger charge is -1.99. The summed E-state index contributed by atoms with van der Waals surface area (Å²) in [5.41, 5.74) is 0.396. The Morgan fingerprint density at radius 2 is 2.15 bits per heavy atom. The van der Waals surface area contributed by atoms with E-state index in [1.54, 1.807) is 0 Å². The SMILES string of the molecule is Cn1nc(C(F)(F)F)c2ncsc21. The van der Waals surface area contributed by atoms with Crippen molar-refractivity contribution in [3.63, 3.8) is 0 Å². The van der Waals surface area contributed by atoms with E-state index in [1.807, 2.05) is 0 Å². The quantitative estimate of drug-likeness (QED) is 0.661. The molecular formula is C6H4F3N3S. The Morgan fingerprint density at radius 1 is 1.46 bits per heavy atom. The van der Waals surface area contributed by atoms with Crippen LogP contribution in [0.15, 0.2) is 5.51 Å². The van der Waals surface area contributed by atoms with Crippen LogP contribution in [0.5, 0.6) is 0 Å². The summed E-state index contributed by atoms with van der Waals surface area (Å²) in [4.78, 5) is 4.06. The van der Waals surface area contributed by atoms with Gasteiger partial charge in [-0.15, -0.1) is 11.3 Å². The number of halogens is 3. The van der Waals surface area contributed by atoms with Gasteiger partial charge in [0, 0.05) is 7.05 Å². The second-order valence-corrected chi connectivity index (χ2v) is 3.31. The number of thiazole rings is 1. The zero-order chi connectivity index (χ0) is 9.64. The van der Waals surface area contributed by atoms with E-state index in [2.05, 4.69) is 10.1 Å². The third-order valence-corrected chi connectivity index (χ3v) is 2.48. The van der Waals surface area contributed by atoms with E-state index >= 15 is 0 Å². The smallest absolute Gasteiger partial charge is 0.256 e. The maximum absolute atomic E-state index is 12.3. The van der Waals surface area contributed by atoms with Gasteiger partial charge in [-0.25, -0.2) is 4.98 Å². The standard InChI is InChI=1S/C6H4F3N3S/c1-12-5-3(10-2-13-5)4(11-12)6(7,8)9/h2H,1H3. The number of fused-ring (bicyclic) bond motifs is 1. The zero-order valence-corrected chi connectivity index (χ0v) is 7.28. The number of alkyl halides is 3. The van der Waals surface area contributed by atoms with Crippen molar-refractivity contribution < 1.29 is 13.2 Å². The zero-order valence-electron chi connectivity index (χ0n) is 6.46. The van der Waals surface area contributed by atoms with Gasteiger partial charge in [-0.2, -0.15) is 18.3 Å². The molecule has 0 bridgehead atoms. The number of aryl methyl sites for hydroxylation is 1. The Balaban J connectivity index is 2.76. The topological polar surface area (TPSA) is 30.7 Å². The van der Waals surface area contributed by atoms with Crippen LogP contribution in [0.4, 0.5) is 13.2 Å². The minimum atomic E-state index is -4.42. The Bertz CT molecular complexity index is 441. The fourth-order valence-electron chi connectivity index (χ4n) is 1.07. The van der Waals surface area contributed by atoms with E-state index in [0.717, 1.165) is 11.3 Å². The molecule has 7 heteroatoms. The van der Waals surface area contributed by atoms with Crippen LogP contribution < -0.4 is 0 Å². The normalized spacial score (nSPS) is 12.6. The van der Waals surface area contributed by atoms with Gasteiger partial charge >= 0.3 is 6.18 Å². The average molecular weight is 207 g/mol. The van der Waals surface area contributed by atoms with Crippen molar-refractivity contribution in [2.45, 2.75) is 6.18 Å². The first-order chi connectivity index (χ1) is 6.00. The van der Waals surface area contributed by atoms with E-state index in [0.29, 0.717) is 4.83 Å². The molecule has 0 saturated heterocycles. The van der Waals surface area contributed by atoms with Gasteiger partial charge in [0.25, 0.3) is 0 Å². The van der Waals surface area contributed by atoms with Gasteiger partial charge in [-0.3, -0.25) is 4.68 Å². The number of rotatable bonds is 0. The molecule has 13 heavy (non-hydrogen) atoms. The van der Waals surface area contributed by atoms with Crippen molar-refractivity contribution in [2.24, 2.45) is 7.05 Å². The molecule has 0 radical (unpaired) electrons. The highest BCUT2D eigenvalue weighted by molar-refractivity contribution is 7.16. The van der Waals surface area contributed by atoms with Crippen LogP contribution in [-0.4, -0.2) is 14.8 Å². The Labute approximate surface area is 74.8 Å². The molecule has 0 spiro atoms. The minimum absolute atomic E-state index is 0.0694. The Morgan fingerprint density at radius 3 is 2.77 bits per heavy atom. The molecule has 0 unspecified atom stereocenters. The Kier molecular flexibility index (Phi) is 1.59. The van der Waals surface area contributed by atoms with Crippen LogP contribution in [0, 0.1) is 0 Å². The predicted octanol–water partition coefficient (Wildman–Crippen LogP) is 2.05. The van der Waals surface area contributed by atoms with Crippen LogP contribution in [-0.2, 0) is 13.2 Å². The molecule has 0 saturated carbocycles. The molecule has 0 aliphatic rings. The van der Waals surface area contributed by atoms with E-state index in [1.165, 1.54) is 17.2 Å². The third-order valence-electron chi connectivity index (χ3n) is 1.59. The van der Waals surface area contributed by atoms with Crippen molar-refractivity contribution in [2.75, 3.05) is 0 Å². The first kappa shape index (κ1) is 8.49. The van der Waals surface area contributed by atoms with Gasteiger partial charge in [0.15, 0.2) is 5.69 Å². The average Bonchev–Trinajstić information content (AvgIpc) is 2.51. The lowest BCUT2D eigenvalue weighted by molar-refractivity contribution is -0.140. The second-order valence-electron chi connectivity index (χ2n) is 2.48. The van der Waals surface area contributed by atoms with E-state index in [4.69, 9.17) is 0 Å². The molecule has 0 aliphatic heterocycles. The lowest BCUT2D eigenvalue weighted by atomic mass is 10.4. The number of aromatic nitrogens is 3. The monoisotopic (exact) mass is 207 g/mol. The van der Waals surface area contributed by atoms with Crippen LogP contribution in [0.2, 0.25) is 0 Å². The number of nitrogens with zero attached hydrogens (tertiary/aromatic N) is 3. The summed E-state index contributed by atoms with van der Waals surface area (Å²) in [5.74, 6) is 0. The minimum Gasteiger partial charge on any atom is -0.256 e. The molecule has 0 aliphatic carbocycles. The van der Waals surface area contributed by atoms with Crippen molar-refractivity contribution in [1.29, 1.82) is 0 Å². The van der Waals surface area contributed by atoms with E-state index < -0.39 is 11.9 Å². The summed E-state index contributed by atoms with van der Waals surface area (Å²) < 4.78 is 38.1. The molecule has 3 nitrogen and oxygen atoms in total. The van der Waals surface area contributed by atoms with Crippen LogP contribution in [0.1, 0.15) is 5.69 Å². The summed E-state index contributed by atoms with van der Waals surface area (Å²) in [6.45, 7) is 0. The molecule has 2 rings (SSSR count). The highest BCUT2D eigenvalue weighted by Crippen LogP contribution is 2.33. The van der Waals surface area contributed by atoms with Gasteiger partial charge < -0.3 is 0 Å². The molecule has 2 aromatic heterocycles. The van der Waals surface area contributed by atoms with Crippen molar-refractivity contribution in [3.8, 4) is 0 Å². The van der Waals surface area contributed by atoms with Crippen molar-refractivity contribution in [1.82, 2.24) is 14.8 Å². The van der Waals surface area contributed by atoms with Gasteiger partial charge in [-0.1, -0.05) is 0 Å². The van der Waals surface area contributed by atoms with Gasteiger partial charge in [0.2, 0.25) is 0 Å². The number of hydrogen-bond acceptors (Lipinski definition) is 3. The fraction of sp³-hybridized carbons (Fsp3) is 0.333. The summed E-state index contributed by atoms with van der Waals surface area (Å²) in [7, 11) is 1.47. The summed E-state index contributed by atoms with van der Waals surface area (Å²) in [6.07, 6.45) is -4.42. The predicted molar refractivity (Wildman–Crippen MR) is 41.4 cm³/mol. The molecule has 0 fully saturated rings. The van der Waals surface area contributed by atoms with Gasteiger partial charge in [0.05, 0.1) is 5.51 Å². The fourth-order valence-corrected chi connectivity index (χ4v) is 1.78. The lowest BCUT2D eigenvalue weighted by Crippen LogP contribution is -2.07. The Hall–Kier alpha value is -1.11. The maximum atomic E-state index is 12.3. The first-order valence-corrected chi connectivity index (χ1v) is 4.21. The van der Waals surface area contributed by atoms with E-state index in [9.17, 15) is 13.2 Å². The molecule has 2 heterocycles. The second kappa shape index (κ2) is 2.44. The summed E-state index contributed by atoms with van der Waals surface area (Å²) >= 11 is 1.14. The molecule has 0 aromatic carbocycles. The summed E-state index contributed by atoms with van der Waals surface area (Å²) in [5, 5.41) is 3.36. The molecule has 70 valence electrons. The maximum Gasteiger partial charge on any atom is 0.437 e. The van der Waals surface area contributed by atoms with Crippen LogP contribution >= 0.6 is 11.3 Å². The largest absolute Gasteiger partial charge is 0.437 e. The highest BCUT2D eigenvalue weighted by atomic mass is 32.1. The van der Waals surface area contributed by atoms with Crippen LogP contribution in [0.3, 0.4) is 0 Å². The molecule has 0 N–H and O–H groups in total. The van der Waals surface area contributed by atoms with Crippen molar-refractivity contribution >= 4 is 21.7 Å². The van der Waals surface area contributed by atoms with E-state index in [-0.39, 0.29) is 5.52 Å². The van der Waals surface area contributed by atoms with Gasteiger partial charge in [0.1, 0.15) is 10.3 Å². The van der Waals surface area contributed by atoms with Crippen molar-refractivity contribution in [3.05, 3.63) is 11.2 Å². The summed E-state index contributed by atoms with van der Waals surface area (Å²) in [6, 6.07) is 0. The van der Waals surface area contributed by atoms with Crippen LogP contribution in [0.25, 0.3) is 10.3 Å².